The molecule has 38 heavy (non-hydrogen) atoms. The van der Waals surface area contributed by atoms with E-state index >= 15 is 0 Å². The van der Waals surface area contributed by atoms with E-state index in [1.54, 1.807) is 41.7 Å². The largest absolute Gasteiger partial charge is 0.497 e. The molecule has 1 saturated heterocycles. The van der Waals surface area contributed by atoms with Gasteiger partial charge in [-0.15, -0.1) is 11.3 Å². The number of hydrazine groups is 1. The lowest BCUT2D eigenvalue weighted by molar-refractivity contribution is -0.132. The van der Waals surface area contributed by atoms with E-state index in [1.165, 1.54) is 29.7 Å². The molecule has 10 nitrogen and oxygen atoms in total. The Labute approximate surface area is 228 Å². The Morgan fingerprint density at radius 1 is 1.03 bits per heavy atom. The summed E-state index contributed by atoms with van der Waals surface area (Å²) in [5.41, 5.74) is 5.70. The Hall–Kier alpha value is -3.83. The second-order valence-electron chi connectivity index (χ2n) is 8.65. The average molecular weight is 556 g/mol. The molecule has 0 atom stereocenters. The first kappa shape index (κ1) is 27.2. The number of amides is 3. The number of nitrogens with one attached hydrogen (secondary N) is 2. The van der Waals surface area contributed by atoms with E-state index in [0.717, 1.165) is 5.01 Å². The fraction of sp³-hybridized carbons (Fsp3) is 0.308. The number of likely N-dealkylation sites (tertiary alicyclic amines) is 1. The zero-order valence-electron chi connectivity index (χ0n) is 20.6. The van der Waals surface area contributed by atoms with Gasteiger partial charge in [0, 0.05) is 54.6 Å². The molecule has 198 valence electrons. The maximum Gasteiger partial charge on any atom is 0.289 e. The zero-order valence-corrected chi connectivity index (χ0v) is 22.2. The molecule has 1 aliphatic heterocycles. The molecule has 1 aliphatic rings. The van der Waals surface area contributed by atoms with E-state index in [9.17, 15) is 19.2 Å². The van der Waals surface area contributed by atoms with Crippen LogP contribution in [-0.4, -0.2) is 58.6 Å². The van der Waals surface area contributed by atoms with Gasteiger partial charge in [0.05, 0.1) is 12.1 Å². The van der Waals surface area contributed by atoms with Crippen LogP contribution in [0.15, 0.2) is 48.0 Å². The van der Waals surface area contributed by atoms with Crippen LogP contribution in [0, 0.1) is 0 Å². The number of methoxy groups -OCH3 is 1. The van der Waals surface area contributed by atoms with E-state index in [4.69, 9.17) is 16.3 Å². The molecule has 0 spiro atoms. The van der Waals surface area contributed by atoms with Crippen molar-refractivity contribution in [2.24, 2.45) is 0 Å². The third-order valence-electron chi connectivity index (χ3n) is 6.21. The summed E-state index contributed by atoms with van der Waals surface area (Å²) in [5.74, 6) is -0.385. The monoisotopic (exact) mass is 555 g/mol. The first-order valence-electron chi connectivity index (χ1n) is 12.0. The second-order valence-corrected chi connectivity index (χ2v) is 9.93. The molecule has 3 heterocycles. The normalized spacial score (nSPS) is 13.6. The topological polar surface area (TPSA) is 131 Å². The third-order valence-corrected chi connectivity index (χ3v) is 7.42. The predicted octanol–water partition coefficient (Wildman–Crippen LogP) is 3.64. The number of benzene rings is 1. The molecule has 0 saturated carbocycles. The van der Waals surface area contributed by atoms with Crippen molar-refractivity contribution in [1.29, 1.82) is 0 Å². The van der Waals surface area contributed by atoms with Gasteiger partial charge in [0.25, 0.3) is 11.8 Å². The van der Waals surface area contributed by atoms with Gasteiger partial charge in [0.15, 0.2) is 5.78 Å². The molecule has 0 unspecified atom stereocenters. The first-order chi connectivity index (χ1) is 18.3. The van der Waals surface area contributed by atoms with Crippen molar-refractivity contribution < 1.29 is 23.9 Å². The molecular formula is C26H26ClN5O5S. The van der Waals surface area contributed by atoms with Crippen LogP contribution in [0.5, 0.6) is 5.75 Å². The standard InChI is InChI=1S/C26H26ClN5O5S/c1-37-19-4-2-16(3-5-19)21(33)6-7-23(34)32-12-9-17(10-13-32)26-29-20(15-38-26)25(36)31-30-24(35)18-8-11-28-22(27)14-18/h2-5,8,11,14-15,17H,6-7,9-10,12-13H2,1H3,(H,30,35)(H,31,36). The molecule has 1 aromatic carbocycles. The summed E-state index contributed by atoms with van der Waals surface area (Å²) in [6.45, 7) is 1.12. The number of carbonyl (C=O) groups is 4. The van der Waals surface area contributed by atoms with Crippen LogP contribution in [0.2, 0.25) is 5.15 Å². The smallest absolute Gasteiger partial charge is 0.289 e. The number of pyridine rings is 1. The molecule has 3 aromatic rings. The lowest BCUT2D eigenvalue weighted by Crippen LogP contribution is -2.41. The number of piperidine rings is 1. The van der Waals surface area contributed by atoms with Gasteiger partial charge < -0.3 is 9.64 Å². The van der Waals surface area contributed by atoms with E-state index in [0.29, 0.717) is 37.2 Å². The van der Waals surface area contributed by atoms with Gasteiger partial charge in [-0.25, -0.2) is 9.97 Å². The lowest BCUT2D eigenvalue weighted by Gasteiger charge is -2.31. The number of Topliss-reactive ketones (excluding diaryl/α,β-unsaturated/α-hetero) is 1. The summed E-state index contributed by atoms with van der Waals surface area (Å²) in [7, 11) is 1.56. The van der Waals surface area contributed by atoms with E-state index in [1.807, 2.05) is 0 Å². The Morgan fingerprint density at radius 2 is 1.74 bits per heavy atom. The highest BCUT2D eigenvalue weighted by molar-refractivity contribution is 7.09. The first-order valence-corrected chi connectivity index (χ1v) is 13.2. The number of ketones is 1. The number of rotatable bonds is 8. The van der Waals surface area contributed by atoms with Crippen LogP contribution in [0.4, 0.5) is 0 Å². The van der Waals surface area contributed by atoms with Crippen molar-refractivity contribution in [3.05, 3.63) is 75.0 Å². The van der Waals surface area contributed by atoms with Gasteiger partial charge in [-0.2, -0.15) is 0 Å². The van der Waals surface area contributed by atoms with E-state index in [-0.39, 0.29) is 46.9 Å². The minimum atomic E-state index is -0.532. The summed E-state index contributed by atoms with van der Waals surface area (Å²) in [5, 5.41) is 2.62. The highest BCUT2D eigenvalue weighted by atomic mass is 35.5. The fourth-order valence-corrected chi connectivity index (χ4v) is 5.19. The molecule has 0 aliphatic carbocycles. The summed E-state index contributed by atoms with van der Waals surface area (Å²) < 4.78 is 5.10. The van der Waals surface area contributed by atoms with Crippen molar-refractivity contribution in [2.45, 2.75) is 31.6 Å². The fourth-order valence-electron chi connectivity index (χ4n) is 4.05. The molecule has 12 heteroatoms. The number of hydrogen-bond donors (Lipinski definition) is 2. The quantitative estimate of drug-likeness (QED) is 0.246. The van der Waals surface area contributed by atoms with Gasteiger partial charge in [0.2, 0.25) is 5.91 Å². The Kier molecular flexibility index (Phi) is 9.03. The third kappa shape index (κ3) is 6.93. The van der Waals surface area contributed by atoms with Gasteiger partial charge in [0.1, 0.15) is 16.6 Å². The maximum absolute atomic E-state index is 12.7. The number of carbonyl (C=O) groups excluding carboxylic acids is 4. The minimum Gasteiger partial charge on any atom is -0.497 e. The minimum absolute atomic E-state index is 0.0456. The number of thiazole rings is 1. The lowest BCUT2D eigenvalue weighted by atomic mass is 9.97. The highest BCUT2D eigenvalue weighted by Crippen LogP contribution is 2.30. The Morgan fingerprint density at radius 3 is 2.42 bits per heavy atom. The van der Waals surface area contributed by atoms with Crippen molar-refractivity contribution in [3.8, 4) is 5.75 Å². The van der Waals surface area contributed by atoms with Crippen molar-refractivity contribution in [2.75, 3.05) is 20.2 Å². The SMILES string of the molecule is COc1ccc(C(=O)CCC(=O)N2CCC(c3nc(C(=O)NNC(=O)c4ccnc(Cl)c4)cs3)CC2)cc1. The molecule has 2 aromatic heterocycles. The second kappa shape index (κ2) is 12.6. The Bertz CT molecular complexity index is 1320. The van der Waals surface area contributed by atoms with Gasteiger partial charge >= 0.3 is 0 Å². The molecule has 4 rings (SSSR count). The number of hydrogen-bond acceptors (Lipinski definition) is 8. The van der Waals surface area contributed by atoms with Crippen molar-refractivity contribution >= 4 is 46.4 Å². The maximum atomic E-state index is 12.7. The van der Waals surface area contributed by atoms with E-state index < -0.39 is 11.8 Å². The number of aromatic nitrogens is 2. The molecular weight excluding hydrogens is 530 g/mol. The van der Waals surface area contributed by atoms with Crippen LogP contribution in [0.25, 0.3) is 0 Å². The highest BCUT2D eigenvalue weighted by Gasteiger charge is 2.26. The van der Waals surface area contributed by atoms with Gasteiger partial charge in [-0.05, 0) is 49.2 Å². The number of halogens is 1. The van der Waals surface area contributed by atoms with Gasteiger partial charge in [-0.1, -0.05) is 11.6 Å². The van der Waals surface area contributed by atoms with Crippen LogP contribution in [0.3, 0.4) is 0 Å². The predicted molar refractivity (Wildman–Crippen MR) is 141 cm³/mol. The summed E-state index contributed by atoms with van der Waals surface area (Å²) >= 11 is 7.16. The van der Waals surface area contributed by atoms with Crippen LogP contribution >= 0.6 is 22.9 Å². The van der Waals surface area contributed by atoms with Crippen LogP contribution in [-0.2, 0) is 4.79 Å². The van der Waals surface area contributed by atoms with E-state index in [2.05, 4.69) is 20.8 Å². The molecule has 2 N–H and O–H groups in total. The molecule has 3 amide bonds. The molecule has 1 fully saturated rings. The number of nitrogens with zero attached hydrogens (tertiary/aromatic N) is 3. The number of ether oxygens (including phenoxy) is 1. The average Bonchev–Trinajstić information content (AvgIpc) is 3.45. The van der Waals surface area contributed by atoms with Crippen LogP contribution < -0.4 is 15.6 Å². The summed E-state index contributed by atoms with van der Waals surface area (Å²) in [6, 6.07) is 9.71. The van der Waals surface area contributed by atoms with Gasteiger partial charge in [-0.3, -0.25) is 30.0 Å². The van der Waals surface area contributed by atoms with Crippen molar-refractivity contribution in [3.63, 3.8) is 0 Å². The zero-order chi connectivity index (χ0) is 27.1. The van der Waals surface area contributed by atoms with Crippen LogP contribution in [0.1, 0.15) is 67.8 Å². The Balaban J connectivity index is 1.21. The molecule has 0 radical (unpaired) electrons. The molecule has 0 bridgehead atoms. The summed E-state index contributed by atoms with van der Waals surface area (Å²) in [6.07, 6.45) is 3.14. The van der Waals surface area contributed by atoms with Crippen molar-refractivity contribution in [1.82, 2.24) is 25.7 Å². The summed E-state index contributed by atoms with van der Waals surface area (Å²) in [4.78, 5) is 59.7.